The number of anilines is 2. The highest BCUT2D eigenvalue weighted by Crippen LogP contribution is 2.56. The summed E-state index contributed by atoms with van der Waals surface area (Å²) in [4.78, 5) is 15.2. The summed E-state index contributed by atoms with van der Waals surface area (Å²) in [5.41, 5.74) is 1.76. The molecular weight excluding hydrogens is 348 g/mol. The Morgan fingerprint density at radius 3 is 2.35 bits per heavy atom. The minimum atomic E-state index is -1.25. The van der Waals surface area contributed by atoms with Gasteiger partial charge >= 0.3 is 0 Å². The number of fused-ring (bicyclic) bond motifs is 2. The van der Waals surface area contributed by atoms with Crippen LogP contribution in [0, 0.1) is 0 Å². The van der Waals surface area contributed by atoms with Crippen molar-refractivity contribution in [3.8, 4) is 5.75 Å². The molecule has 2 aliphatic rings. The maximum atomic E-state index is 13.5. The lowest BCUT2D eigenvalue weighted by atomic mass is 10.0. The normalized spacial score (nSPS) is 25.3. The van der Waals surface area contributed by atoms with Gasteiger partial charge in [-0.05, 0) is 51.1 Å². The van der Waals surface area contributed by atoms with Crippen molar-refractivity contribution in [3.05, 3.63) is 54.1 Å². The van der Waals surface area contributed by atoms with E-state index in [1.165, 1.54) is 0 Å². The highest BCUT2D eigenvalue weighted by Gasteiger charge is 2.69. The molecule has 2 aliphatic heterocycles. The predicted molar refractivity (Wildman–Crippen MR) is 103 cm³/mol. The van der Waals surface area contributed by atoms with Gasteiger partial charge in [0, 0.05) is 17.8 Å². The fourth-order valence-corrected chi connectivity index (χ4v) is 4.94. The summed E-state index contributed by atoms with van der Waals surface area (Å²) in [5, 5.41) is 0. The monoisotopic (exact) mass is 370 g/mol. The average molecular weight is 370 g/mol. The summed E-state index contributed by atoms with van der Waals surface area (Å²) < 4.78 is 19.5. The molecule has 5 nitrogen and oxygen atoms in total. The quantitative estimate of drug-likeness (QED) is 0.779. The van der Waals surface area contributed by atoms with Crippen molar-refractivity contribution in [2.24, 2.45) is 0 Å². The molecule has 26 heavy (non-hydrogen) atoms. The third-order valence-corrected chi connectivity index (χ3v) is 6.79. The molecule has 1 unspecified atom stereocenters. The van der Waals surface area contributed by atoms with E-state index >= 15 is 0 Å². The van der Waals surface area contributed by atoms with Crippen LogP contribution in [0.4, 0.5) is 11.4 Å². The van der Waals surface area contributed by atoms with Gasteiger partial charge in [-0.1, -0.05) is 18.2 Å². The van der Waals surface area contributed by atoms with E-state index in [0.29, 0.717) is 6.54 Å². The zero-order valence-electron chi connectivity index (χ0n) is 15.4. The number of para-hydroxylation sites is 1. The van der Waals surface area contributed by atoms with Crippen molar-refractivity contribution in [1.82, 2.24) is 4.31 Å². The number of methoxy groups -OCH3 is 1. The number of benzene rings is 2. The SMILES string of the molecule is COc1ccc(N2C(=O)[C@@]3(CN3[S@@](=O)C(C)(C)C)c3ccccc32)cc1. The van der Waals surface area contributed by atoms with E-state index in [4.69, 9.17) is 4.74 Å². The van der Waals surface area contributed by atoms with Gasteiger partial charge in [-0.2, -0.15) is 0 Å². The fourth-order valence-electron chi connectivity index (χ4n) is 3.51. The van der Waals surface area contributed by atoms with Gasteiger partial charge in [0.05, 0.1) is 17.5 Å². The molecule has 0 aromatic heterocycles. The Balaban J connectivity index is 1.78. The molecule has 0 N–H and O–H groups in total. The first-order valence-electron chi connectivity index (χ1n) is 8.58. The molecule has 3 atom stereocenters. The summed E-state index contributed by atoms with van der Waals surface area (Å²) in [5.74, 6) is 0.701. The van der Waals surface area contributed by atoms with Gasteiger partial charge in [0.25, 0.3) is 5.91 Å². The maximum Gasteiger partial charge on any atom is 0.259 e. The number of ether oxygens (including phenoxy) is 1. The first kappa shape index (κ1) is 17.2. The van der Waals surface area contributed by atoms with Gasteiger partial charge in [0.2, 0.25) is 0 Å². The predicted octanol–water partition coefficient (Wildman–Crippen LogP) is 3.35. The maximum absolute atomic E-state index is 13.5. The number of amides is 1. The summed E-state index contributed by atoms with van der Waals surface area (Å²) >= 11 is 0. The summed E-state index contributed by atoms with van der Waals surface area (Å²) in [7, 11) is 0.370. The molecule has 0 bridgehead atoms. The van der Waals surface area contributed by atoms with Crippen LogP contribution in [0.1, 0.15) is 26.3 Å². The number of rotatable bonds is 3. The molecule has 0 saturated carbocycles. The summed E-state index contributed by atoms with van der Waals surface area (Å²) in [6.07, 6.45) is 0. The van der Waals surface area contributed by atoms with Crippen molar-refractivity contribution in [2.75, 3.05) is 18.6 Å². The largest absolute Gasteiger partial charge is 0.497 e. The van der Waals surface area contributed by atoms with Crippen molar-refractivity contribution in [1.29, 1.82) is 0 Å². The van der Waals surface area contributed by atoms with Gasteiger partial charge < -0.3 is 4.74 Å². The van der Waals surface area contributed by atoms with Crippen LogP contribution >= 0.6 is 0 Å². The van der Waals surface area contributed by atoms with Crippen molar-refractivity contribution >= 4 is 28.3 Å². The van der Waals surface area contributed by atoms with Crippen LogP contribution in [-0.2, 0) is 21.3 Å². The second-order valence-electron chi connectivity index (χ2n) is 7.61. The number of nitrogens with zero attached hydrogens (tertiary/aromatic N) is 2. The fraction of sp³-hybridized carbons (Fsp3) is 0.350. The molecule has 136 valence electrons. The number of hydrogen-bond acceptors (Lipinski definition) is 3. The van der Waals surface area contributed by atoms with Gasteiger partial charge in [-0.25, -0.2) is 8.51 Å². The van der Waals surface area contributed by atoms with E-state index in [2.05, 4.69) is 0 Å². The van der Waals surface area contributed by atoms with Crippen LogP contribution < -0.4 is 9.64 Å². The molecule has 1 amide bonds. The molecule has 1 fully saturated rings. The summed E-state index contributed by atoms with van der Waals surface area (Å²) in [6, 6.07) is 15.2. The van der Waals surface area contributed by atoms with E-state index in [1.807, 2.05) is 73.6 Å². The first-order chi connectivity index (χ1) is 12.3. The lowest BCUT2D eigenvalue weighted by molar-refractivity contribution is -0.120. The van der Waals surface area contributed by atoms with Crippen molar-refractivity contribution < 1.29 is 13.7 Å². The van der Waals surface area contributed by atoms with E-state index in [1.54, 1.807) is 12.0 Å². The second-order valence-corrected chi connectivity index (χ2v) is 9.78. The van der Waals surface area contributed by atoms with Crippen LogP contribution in [-0.4, -0.2) is 32.8 Å². The van der Waals surface area contributed by atoms with Crippen molar-refractivity contribution in [2.45, 2.75) is 31.1 Å². The van der Waals surface area contributed by atoms with E-state index in [0.717, 1.165) is 22.7 Å². The Morgan fingerprint density at radius 2 is 1.73 bits per heavy atom. The average Bonchev–Trinajstić information content (AvgIpc) is 3.32. The minimum Gasteiger partial charge on any atom is -0.497 e. The Hall–Kier alpha value is -2.18. The zero-order valence-corrected chi connectivity index (χ0v) is 16.2. The molecule has 2 aromatic rings. The third kappa shape index (κ3) is 2.32. The lowest BCUT2D eigenvalue weighted by Crippen LogP contribution is -2.36. The number of hydrogen-bond donors (Lipinski definition) is 0. The highest BCUT2D eigenvalue weighted by atomic mass is 32.2. The Morgan fingerprint density at radius 1 is 1.08 bits per heavy atom. The Labute approximate surface area is 156 Å². The molecular formula is C20H22N2O3S. The molecule has 1 spiro atoms. The molecule has 2 aromatic carbocycles. The minimum absolute atomic E-state index is 0.0403. The number of carbonyl (C=O) groups is 1. The molecule has 0 radical (unpaired) electrons. The van der Waals surface area contributed by atoms with E-state index in [9.17, 15) is 9.00 Å². The van der Waals surface area contributed by atoms with Crippen LogP contribution in [0.3, 0.4) is 0 Å². The zero-order chi connectivity index (χ0) is 18.7. The highest BCUT2D eigenvalue weighted by molar-refractivity contribution is 7.84. The summed E-state index contributed by atoms with van der Waals surface area (Å²) in [6.45, 7) is 6.28. The lowest BCUT2D eigenvalue weighted by Gasteiger charge is -2.21. The van der Waals surface area contributed by atoms with E-state index < -0.39 is 21.3 Å². The topological polar surface area (TPSA) is 49.6 Å². The van der Waals surface area contributed by atoms with Crippen LogP contribution in [0.2, 0.25) is 0 Å². The van der Waals surface area contributed by atoms with Crippen molar-refractivity contribution in [3.63, 3.8) is 0 Å². The second kappa shape index (κ2) is 5.66. The van der Waals surface area contributed by atoms with E-state index in [-0.39, 0.29) is 5.91 Å². The van der Waals surface area contributed by atoms with Gasteiger partial charge in [0.1, 0.15) is 16.7 Å². The molecule has 6 heteroatoms. The third-order valence-electron chi connectivity index (χ3n) is 4.90. The Bertz CT molecular complexity index is 904. The number of carbonyl (C=O) groups excluding carboxylic acids is 1. The van der Waals surface area contributed by atoms with Gasteiger partial charge in [-0.3, -0.25) is 9.69 Å². The Kier molecular flexibility index (Phi) is 3.75. The molecule has 2 heterocycles. The van der Waals surface area contributed by atoms with Gasteiger partial charge in [0.15, 0.2) is 5.54 Å². The van der Waals surface area contributed by atoms with Crippen LogP contribution in [0.5, 0.6) is 5.75 Å². The first-order valence-corrected chi connectivity index (χ1v) is 9.69. The standard InChI is InChI=1S/C20H22N2O3S/c1-19(2,3)26(24)21-13-20(21)16-7-5-6-8-17(16)22(18(20)23)14-9-11-15(25-4)12-10-14/h5-12H,13H2,1-4H3/t20-,21?,26+/m1/s1. The van der Waals surface area contributed by atoms with Crippen LogP contribution in [0.15, 0.2) is 48.5 Å². The smallest absolute Gasteiger partial charge is 0.259 e. The van der Waals surface area contributed by atoms with Gasteiger partial charge in [-0.15, -0.1) is 0 Å². The molecule has 1 saturated heterocycles. The molecule has 0 aliphatic carbocycles. The van der Waals surface area contributed by atoms with Crippen LogP contribution in [0.25, 0.3) is 0 Å². The molecule has 4 rings (SSSR count).